The monoisotopic (exact) mass is 377 g/mol. The van der Waals surface area contributed by atoms with Crippen LogP contribution in [0.3, 0.4) is 0 Å². The molecule has 2 heterocycles. The maximum atomic E-state index is 13.0. The van der Waals surface area contributed by atoms with Crippen molar-refractivity contribution in [2.75, 3.05) is 19.6 Å². The second-order valence-corrected chi connectivity index (χ2v) is 7.10. The van der Waals surface area contributed by atoms with Gasteiger partial charge in [-0.3, -0.25) is 4.79 Å². The number of carbonyl (C=O) groups excluding carboxylic acids is 1. The number of aromatic nitrogens is 2. The summed E-state index contributed by atoms with van der Waals surface area (Å²) < 4.78 is 19.0. The van der Waals surface area contributed by atoms with Crippen molar-refractivity contribution in [3.05, 3.63) is 40.6 Å². The van der Waals surface area contributed by atoms with Crippen LogP contribution in [0.25, 0.3) is 11.5 Å². The first kappa shape index (κ1) is 19.3. The third-order valence-electron chi connectivity index (χ3n) is 5.07. The Morgan fingerprint density at radius 2 is 2.15 bits per heavy atom. The summed E-state index contributed by atoms with van der Waals surface area (Å²) in [6.45, 7) is 4.90. The summed E-state index contributed by atoms with van der Waals surface area (Å²) >= 11 is 0. The number of likely N-dealkylation sites (tertiary alicyclic amines) is 1. The van der Waals surface area contributed by atoms with Crippen LogP contribution >= 0.6 is 0 Å². The lowest BCUT2D eigenvalue weighted by Gasteiger charge is -2.30. The fraction of sp³-hybridized carbons (Fsp3) is 0.526. The van der Waals surface area contributed by atoms with E-state index in [9.17, 15) is 14.0 Å². The molecule has 2 N–H and O–H groups in total. The molecule has 1 amide bonds. The van der Waals surface area contributed by atoms with Gasteiger partial charge in [0.2, 0.25) is 11.8 Å². The first-order valence-electron chi connectivity index (χ1n) is 9.48. The van der Waals surface area contributed by atoms with E-state index in [-0.39, 0.29) is 24.2 Å². The third kappa shape index (κ3) is 5.26. The molecule has 7 nitrogen and oxygen atoms in total. The van der Waals surface area contributed by atoms with Crippen molar-refractivity contribution in [2.24, 2.45) is 0 Å². The number of quaternary nitrogens is 1. The molecule has 0 aliphatic carbocycles. The molecule has 146 valence electrons. The van der Waals surface area contributed by atoms with Crippen LogP contribution in [0.5, 0.6) is 0 Å². The van der Waals surface area contributed by atoms with E-state index in [4.69, 9.17) is 4.42 Å². The molecule has 0 saturated carbocycles. The number of hydrogen-bond donors (Lipinski definition) is 2. The average molecular weight is 377 g/mol. The summed E-state index contributed by atoms with van der Waals surface area (Å²) in [5.74, 6) is -1.31. The molecule has 1 aliphatic rings. The maximum absolute atomic E-state index is 13.0. The molecule has 1 aliphatic heterocycles. The smallest absolute Gasteiger partial charge is 0.388 e. The Bertz CT molecular complexity index is 815. The summed E-state index contributed by atoms with van der Waals surface area (Å²) in [6, 6.07) is 6.13. The van der Waals surface area contributed by atoms with Crippen molar-refractivity contribution in [2.45, 2.75) is 45.2 Å². The summed E-state index contributed by atoms with van der Waals surface area (Å²) in [5.41, 5.74) is 0.478. The topological polar surface area (TPSA) is 81.6 Å². The Balaban J connectivity index is 1.46. The van der Waals surface area contributed by atoms with Gasteiger partial charge in [0.25, 0.3) is 0 Å². The summed E-state index contributed by atoms with van der Waals surface area (Å²) in [7, 11) is 0. The number of piperidine rings is 1. The van der Waals surface area contributed by atoms with Crippen LogP contribution < -0.4 is 16.0 Å². The number of halogens is 1. The van der Waals surface area contributed by atoms with Gasteiger partial charge in [0.15, 0.2) is 0 Å². The van der Waals surface area contributed by atoms with E-state index >= 15 is 0 Å². The molecule has 2 atom stereocenters. The Morgan fingerprint density at radius 1 is 1.37 bits per heavy atom. The molecule has 1 unspecified atom stereocenters. The Labute approximate surface area is 157 Å². The molecule has 0 radical (unpaired) electrons. The molecular weight excluding hydrogens is 351 g/mol. The lowest BCUT2D eigenvalue weighted by molar-refractivity contribution is -0.928. The molecule has 0 bridgehead atoms. The number of benzene rings is 1. The van der Waals surface area contributed by atoms with Crippen molar-refractivity contribution in [1.82, 2.24) is 15.1 Å². The van der Waals surface area contributed by atoms with Crippen LogP contribution in [0.2, 0.25) is 0 Å². The number of nitrogens with zero attached hydrogens (tertiary/aromatic N) is 2. The normalized spacial score (nSPS) is 19.8. The number of rotatable bonds is 7. The highest BCUT2D eigenvalue weighted by molar-refractivity contribution is 5.75. The second-order valence-electron chi connectivity index (χ2n) is 7.10. The van der Waals surface area contributed by atoms with Crippen LogP contribution in [0.1, 0.15) is 32.6 Å². The van der Waals surface area contributed by atoms with E-state index in [2.05, 4.69) is 17.3 Å². The number of nitrogens with one attached hydrogen (secondary N) is 2. The van der Waals surface area contributed by atoms with Gasteiger partial charge in [-0.2, -0.15) is 4.68 Å². The minimum atomic E-state index is -0.712. The standard InChI is InChI=1S/C19H25FN4O3/c1-14-5-2-3-11-23(14)12-4-10-21-17(25)13-24-19(26)27-18(22-24)15-6-8-16(20)9-7-15/h6-9,14H,2-5,10-13H2,1H3,(H,21,25)/p+1/t14-/m0/s1. The fourth-order valence-electron chi connectivity index (χ4n) is 3.47. The summed E-state index contributed by atoms with van der Waals surface area (Å²) in [6.07, 6.45) is 4.76. The number of hydrogen-bond acceptors (Lipinski definition) is 4. The van der Waals surface area contributed by atoms with Gasteiger partial charge in [-0.25, -0.2) is 9.18 Å². The third-order valence-corrected chi connectivity index (χ3v) is 5.07. The SMILES string of the molecule is C[C@H]1CCCC[NH+]1CCCNC(=O)Cn1nc(-c2ccc(F)cc2)oc1=O. The van der Waals surface area contributed by atoms with Crippen molar-refractivity contribution < 1.29 is 18.5 Å². The van der Waals surface area contributed by atoms with Gasteiger partial charge >= 0.3 is 5.76 Å². The zero-order valence-corrected chi connectivity index (χ0v) is 15.5. The van der Waals surface area contributed by atoms with E-state index < -0.39 is 5.76 Å². The zero-order valence-electron chi connectivity index (χ0n) is 15.5. The van der Waals surface area contributed by atoms with E-state index in [0.717, 1.165) is 17.6 Å². The predicted molar refractivity (Wildman–Crippen MR) is 97.8 cm³/mol. The fourth-order valence-corrected chi connectivity index (χ4v) is 3.47. The Kier molecular flexibility index (Phi) is 6.39. The summed E-state index contributed by atoms with van der Waals surface area (Å²) in [4.78, 5) is 25.5. The molecule has 8 heteroatoms. The largest absolute Gasteiger partial charge is 0.437 e. The molecule has 1 fully saturated rings. The molecule has 3 rings (SSSR count). The second kappa shape index (κ2) is 8.94. The van der Waals surface area contributed by atoms with E-state index in [1.54, 1.807) is 4.90 Å². The Hall–Kier alpha value is -2.48. The van der Waals surface area contributed by atoms with Crippen molar-refractivity contribution in [3.8, 4) is 11.5 Å². The van der Waals surface area contributed by atoms with E-state index in [1.807, 2.05) is 0 Å². The van der Waals surface area contributed by atoms with Gasteiger partial charge in [0.05, 0.1) is 19.1 Å². The molecule has 2 aromatic rings. The predicted octanol–water partition coefficient (Wildman–Crippen LogP) is 0.606. The number of amides is 1. The van der Waals surface area contributed by atoms with Gasteiger partial charge in [0, 0.05) is 18.5 Å². The molecule has 27 heavy (non-hydrogen) atoms. The molecular formula is C19H26FN4O3+. The van der Waals surface area contributed by atoms with E-state index in [0.29, 0.717) is 18.2 Å². The highest BCUT2D eigenvalue weighted by Gasteiger charge is 2.21. The minimum Gasteiger partial charge on any atom is -0.388 e. The first-order valence-corrected chi connectivity index (χ1v) is 9.48. The van der Waals surface area contributed by atoms with Gasteiger partial charge in [-0.05, 0) is 50.5 Å². The highest BCUT2D eigenvalue weighted by Crippen LogP contribution is 2.15. The number of carbonyl (C=O) groups is 1. The van der Waals surface area contributed by atoms with Crippen LogP contribution in [0.15, 0.2) is 33.5 Å². The molecule has 1 saturated heterocycles. The van der Waals surface area contributed by atoms with Crippen molar-refractivity contribution in [3.63, 3.8) is 0 Å². The van der Waals surface area contributed by atoms with Crippen LogP contribution in [0, 0.1) is 5.82 Å². The molecule has 1 aromatic carbocycles. The van der Waals surface area contributed by atoms with Crippen molar-refractivity contribution >= 4 is 5.91 Å². The van der Waals surface area contributed by atoms with Crippen LogP contribution in [0.4, 0.5) is 4.39 Å². The summed E-state index contributed by atoms with van der Waals surface area (Å²) in [5, 5.41) is 6.84. The lowest BCUT2D eigenvalue weighted by Crippen LogP contribution is -3.16. The molecule has 1 aromatic heterocycles. The highest BCUT2D eigenvalue weighted by atomic mass is 19.1. The Morgan fingerprint density at radius 3 is 2.89 bits per heavy atom. The van der Waals surface area contributed by atoms with E-state index in [1.165, 1.54) is 50.1 Å². The lowest BCUT2D eigenvalue weighted by atomic mass is 10.0. The molecule has 0 spiro atoms. The van der Waals surface area contributed by atoms with Gasteiger partial charge < -0.3 is 14.6 Å². The first-order chi connectivity index (χ1) is 13.0. The average Bonchev–Trinajstić information content (AvgIpc) is 3.01. The maximum Gasteiger partial charge on any atom is 0.437 e. The minimum absolute atomic E-state index is 0.0653. The quantitative estimate of drug-likeness (QED) is 0.693. The van der Waals surface area contributed by atoms with Crippen molar-refractivity contribution in [1.29, 1.82) is 0 Å². The van der Waals surface area contributed by atoms with Crippen LogP contribution in [-0.4, -0.2) is 41.4 Å². The van der Waals surface area contributed by atoms with Gasteiger partial charge in [-0.15, -0.1) is 5.10 Å². The van der Waals surface area contributed by atoms with Gasteiger partial charge in [0.1, 0.15) is 12.4 Å². The van der Waals surface area contributed by atoms with Gasteiger partial charge in [-0.1, -0.05) is 0 Å². The zero-order chi connectivity index (χ0) is 19.2. The van der Waals surface area contributed by atoms with Crippen LogP contribution in [-0.2, 0) is 11.3 Å².